The average Bonchev–Trinajstić information content (AvgIpc) is 2.56. The van der Waals surface area contributed by atoms with E-state index in [0.717, 1.165) is 13.1 Å². The van der Waals surface area contributed by atoms with Gasteiger partial charge in [0, 0.05) is 13.1 Å². The van der Waals surface area contributed by atoms with Crippen LogP contribution in [0.5, 0.6) is 0 Å². The van der Waals surface area contributed by atoms with Crippen molar-refractivity contribution in [1.29, 1.82) is 0 Å². The lowest BCUT2D eigenvalue weighted by Crippen LogP contribution is -2.22. The van der Waals surface area contributed by atoms with Gasteiger partial charge in [0.05, 0.1) is 17.1 Å². The molecule has 17 heavy (non-hydrogen) atoms. The highest BCUT2D eigenvalue weighted by molar-refractivity contribution is 6.33. The fourth-order valence-electron chi connectivity index (χ4n) is 2.29. The van der Waals surface area contributed by atoms with Crippen molar-refractivity contribution in [1.82, 2.24) is 0 Å². The minimum absolute atomic E-state index is 0.0404. The number of anilines is 3. The Hall–Kier alpha value is -1.16. The second-order valence-corrected chi connectivity index (χ2v) is 5.27. The maximum atomic E-state index is 14.1. The quantitative estimate of drug-likeness (QED) is 0.761. The molecule has 0 aliphatic carbocycles. The molecule has 1 aromatic carbocycles. The van der Waals surface area contributed by atoms with E-state index >= 15 is 0 Å². The Kier molecular flexibility index (Phi) is 3.08. The smallest absolute Gasteiger partial charge is 0.169 e. The molecule has 1 saturated heterocycles. The Morgan fingerprint density at radius 3 is 2.29 bits per heavy atom. The SMILES string of the molecule is CC1CN(c2c(N)cc(N)c(Cl)c2F)CC1C. The van der Waals surface area contributed by atoms with Crippen LogP contribution in [0.15, 0.2) is 6.07 Å². The average molecular weight is 258 g/mol. The monoisotopic (exact) mass is 257 g/mol. The number of nitrogen functional groups attached to an aromatic ring is 2. The minimum atomic E-state index is -0.509. The van der Waals surface area contributed by atoms with Crippen LogP contribution >= 0.6 is 11.6 Å². The third kappa shape index (κ3) is 2.02. The van der Waals surface area contributed by atoms with Gasteiger partial charge in [0.2, 0.25) is 0 Å². The summed E-state index contributed by atoms with van der Waals surface area (Å²) in [5, 5.41) is -0.0404. The number of benzene rings is 1. The zero-order valence-corrected chi connectivity index (χ0v) is 10.8. The van der Waals surface area contributed by atoms with Crippen LogP contribution in [0, 0.1) is 17.7 Å². The molecule has 1 aliphatic rings. The largest absolute Gasteiger partial charge is 0.397 e. The third-order valence-corrected chi connectivity index (χ3v) is 3.93. The molecule has 1 heterocycles. The molecule has 4 N–H and O–H groups in total. The Labute approximate surface area is 106 Å². The Bertz CT molecular complexity index is 440. The number of hydrogen-bond donors (Lipinski definition) is 2. The van der Waals surface area contributed by atoms with E-state index in [0.29, 0.717) is 23.2 Å². The van der Waals surface area contributed by atoms with Gasteiger partial charge in [-0.15, -0.1) is 0 Å². The Morgan fingerprint density at radius 1 is 1.24 bits per heavy atom. The number of nitrogens with zero attached hydrogens (tertiary/aromatic N) is 1. The van der Waals surface area contributed by atoms with E-state index in [2.05, 4.69) is 13.8 Å². The summed E-state index contributed by atoms with van der Waals surface area (Å²) in [5.74, 6) is 0.528. The molecule has 0 saturated carbocycles. The zero-order chi connectivity index (χ0) is 12.7. The predicted molar refractivity (Wildman–Crippen MR) is 70.8 cm³/mol. The number of rotatable bonds is 1. The van der Waals surface area contributed by atoms with Crippen LogP contribution in [0.4, 0.5) is 21.5 Å². The maximum Gasteiger partial charge on any atom is 0.169 e. The summed E-state index contributed by atoms with van der Waals surface area (Å²) in [4.78, 5) is 1.95. The molecular formula is C12H17ClFN3. The second-order valence-electron chi connectivity index (χ2n) is 4.89. The molecule has 2 rings (SSSR count). The molecule has 0 spiro atoms. The van der Waals surface area contributed by atoms with E-state index in [1.165, 1.54) is 6.07 Å². The van der Waals surface area contributed by atoms with Gasteiger partial charge in [-0.25, -0.2) is 4.39 Å². The normalized spacial score (nSPS) is 24.4. The van der Waals surface area contributed by atoms with Gasteiger partial charge in [-0.3, -0.25) is 0 Å². The van der Waals surface area contributed by atoms with Gasteiger partial charge in [0.15, 0.2) is 5.82 Å². The van der Waals surface area contributed by atoms with Crippen LogP contribution in [-0.2, 0) is 0 Å². The molecule has 2 atom stereocenters. The van der Waals surface area contributed by atoms with Gasteiger partial charge >= 0.3 is 0 Å². The highest BCUT2D eigenvalue weighted by Gasteiger charge is 2.30. The van der Waals surface area contributed by atoms with Crippen molar-refractivity contribution in [3.8, 4) is 0 Å². The first-order valence-corrected chi connectivity index (χ1v) is 6.07. The topological polar surface area (TPSA) is 55.3 Å². The summed E-state index contributed by atoms with van der Waals surface area (Å²) < 4.78 is 14.1. The summed E-state index contributed by atoms with van der Waals surface area (Å²) in [6.07, 6.45) is 0. The van der Waals surface area contributed by atoms with Crippen LogP contribution in [0.25, 0.3) is 0 Å². The standard InChI is InChI=1S/C12H17ClFN3/c1-6-4-17(5-7(6)2)12-9(16)3-8(15)10(13)11(12)14/h3,6-7H,4-5,15-16H2,1-2H3. The minimum Gasteiger partial charge on any atom is -0.397 e. The molecule has 1 aliphatic heterocycles. The molecule has 5 heteroatoms. The van der Waals surface area contributed by atoms with Gasteiger partial charge in [-0.2, -0.15) is 0 Å². The van der Waals surface area contributed by atoms with Crippen molar-refractivity contribution < 1.29 is 4.39 Å². The fourth-order valence-corrected chi connectivity index (χ4v) is 2.43. The summed E-state index contributed by atoms with van der Waals surface area (Å²) in [5.41, 5.74) is 12.3. The molecule has 0 bridgehead atoms. The first-order chi connectivity index (χ1) is 7.91. The summed E-state index contributed by atoms with van der Waals surface area (Å²) in [6.45, 7) is 5.89. The number of hydrogen-bond acceptors (Lipinski definition) is 3. The van der Waals surface area contributed by atoms with Crippen LogP contribution in [0.1, 0.15) is 13.8 Å². The van der Waals surface area contributed by atoms with Gasteiger partial charge in [0.1, 0.15) is 5.02 Å². The lowest BCUT2D eigenvalue weighted by atomic mass is 10.0. The van der Waals surface area contributed by atoms with Crippen LogP contribution in [0.3, 0.4) is 0 Å². The maximum absolute atomic E-state index is 14.1. The van der Waals surface area contributed by atoms with E-state index < -0.39 is 5.82 Å². The molecule has 0 aromatic heterocycles. The van der Waals surface area contributed by atoms with Crippen molar-refractivity contribution in [2.24, 2.45) is 11.8 Å². The number of nitrogens with two attached hydrogens (primary N) is 2. The van der Waals surface area contributed by atoms with E-state index in [-0.39, 0.29) is 10.7 Å². The van der Waals surface area contributed by atoms with Gasteiger partial charge in [-0.1, -0.05) is 25.4 Å². The molecule has 1 aromatic rings. The first-order valence-electron chi connectivity index (χ1n) is 5.69. The van der Waals surface area contributed by atoms with Crippen molar-refractivity contribution in [2.75, 3.05) is 29.5 Å². The second kappa shape index (κ2) is 4.26. The highest BCUT2D eigenvalue weighted by Crippen LogP contribution is 2.39. The van der Waals surface area contributed by atoms with E-state index in [9.17, 15) is 4.39 Å². The summed E-state index contributed by atoms with van der Waals surface area (Å²) in [7, 11) is 0. The van der Waals surface area contributed by atoms with Crippen molar-refractivity contribution in [2.45, 2.75) is 13.8 Å². The van der Waals surface area contributed by atoms with Crippen LogP contribution < -0.4 is 16.4 Å². The number of halogens is 2. The fraction of sp³-hybridized carbons (Fsp3) is 0.500. The van der Waals surface area contributed by atoms with Crippen molar-refractivity contribution >= 4 is 28.7 Å². The summed E-state index contributed by atoms with van der Waals surface area (Å²) >= 11 is 5.82. The van der Waals surface area contributed by atoms with E-state index in [1.54, 1.807) is 0 Å². The Balaban J connectivity index is 2.43. The summed E-state index contributed by atoms with van der Waals surface area (Å²) in [6, 6.07) is 1.52. The molecule has 2 unspecified atom stereocenters. The zero-order valence-electron chi connectivity index (χ0n) is 10.0. The highest BCUT2D eigenvalue weighted by atomic mass is 35.5. The van der Waals surface area contributed by atoms with E-state index in [1.807, 2.05) is 4.90 Å². The third-order valence-electron chi connectivity index (χ3n) is 3.54. The van der Waals surface area contributed by atoms with Crippen LogP contribution in [0.2, 0.25) is 5.02 Å². The van der Waals surface area contributed by atoms with Gasteiger partial charge < -0.3 is 16.4 Å². The van der Waals surface area contributed by atoms with Crippen molar-refractivity contribution in [3.05, 3.63) is 16.9 Å². The van der Waals surface area contributed by atoms with Crippen LogP contribution in [-0.4, -0.2) is 13.1 Å². The molecular weight excluding hydrogens is 241 g/mol. The molecule has 94 valence electrons. The lowest BCUT2D eigenvalue weighted by molar-refractivity contribution is 0.494. The molecule has 0 amide bonds. The lowest BCUT2D eigenvalue weighted by Gasteiger charge is -2.22. The Morgan fingerprint density at radius 2 is 1.76 bits per heavy atom. The van der Waals surface area contributed by atoms with Gasteiger partial charge in [0.25, 0.3) is 0 Å². The molecule has 3 nitrogen and oxygen atoms in total. The van der Waals surface area contributed by atoms with Crippen molar-refractivity contribution in [3.63, 3.8) is 0 Å². The molecule has 1 fully saturated rings. The van der Waals surface area contributed by atoms with E-state index in [4.69, 9.17) is 23.1 Å². The predicted octanol–water partition coefficient (Wildman–Crippen LogP) is 2.74. The molecule has 0 radical (unpaired) electrons. The first kappa shape index (κ1) is 12.3. The van der Waals surface area contributed by atoms with Gasteiger partial charge in [-0.05, 0) is 17.9 Å².